The number of ether oxygens (including phenoxy) is 2. The molecule has 0 unspecified atom stereocenters. The maximum atomic E-state index is 13.9. The van der Waals surface area contributed by atoms with E-state index < -0.39 is 29.8 Å². The number of thiophene rings is 1. The van der Waals surface area contributed by atoms with Crippen LogP contribution in [0.25, 0.3) is 15.2 Å². The van der Waals surface area contributed by atoms with Crippen LogP contribution < -0.4 is 21.3 Å². The first-order chi connectivity index (χ1) is 18.8. The molecule has 4 aromatic rings. The van der Waals surface area contributed by atoms with Crippen molar-refractivity contribution in [1.29, 1.82) is 5.26 Å². The molecule has 1 amide bonds. The molecular weight excluding hydrogens is 520 g/mol. The lowest BCUT2D eigenvalue weighted by molar-refractivity contribution is -0.122. The van der Waals surface area contributed by atoms with E-state index in [4.69, 9.17) is 14.7 Å². The topological polar surface area (TPSA) is 133 Å². The van der Waals surface area contributed by atoms with Gasteiger partial charge >= 0.3 is 5.69 Å². The van der Waals surface area contributed by atoms with Gasteiger partial charge in [-0.2, -0.15) is 10.4 Å². The van der Waals surface area contributed by atoms with E-state index in [1.54, 1.807) is 57.1 Å². The highest BCUT2D eigenvalue weighted by Crippen LogP contribution is 2.33. The van der Waals surface area contributed by atoms with Gasteiger partial charge in [0.2, 0.25) is 5.91 Å². The maximum Gasteiger partial charge on any atom is 0.332 e. The predicted octanol–water partition coefficient (Wildman–Crippen LogP) is 2.92. The van der Waals surface area contributed by atoms with Crippen LogP contribution in [-0.2, 0) is 22.6 Å². The van der Waals surface area contributed by atoms with Crippen LogP contribution >= 0.6 is 11.3 Å². The Morgan fingerprint density at radius 2 is 1.97 bits per heavy atom. The highest BCUT2D eigenvalue weighted by Gasteiger charge is 2.26. The minimum atomic E-state index is -0.679. The molecule has 3 aromatic heterocycles. The summed E-state index contributed by atoms with van der Waals surface area (Å²) in [6.45, 7) is 5.13. The lowest BCUT2D eigenvalue weighted by Gasteiger charge is -2.22. The van der Waals surface area contributed by atoms with E-state index in [2.05, 4.69) is 16.5 Å². The van der Waals surface area contributed by atoms with Crippen molar-refractivity contribution in [2.24, 2.45) is 0 Å². The quantitative estimate of drug-likeness (QED) is 0.284. The normalized spacial score (nSPS) is 12.0. The zero-order valence-electron chi connectivity index (χ0n) is 22.2. The average Bonchev–Trinajstić information content (AvgIpc) is 3.56. The molecule has 0 aliphatic heterocycles. The molecule has 1 aromatic carbocycles. The second kappa shape index (κ2) is 12.1. The zero-order valence-corrected chi connectivity index (χ0v) is 23.0. The fraction of sp³-hybridized carbons (Fsp3) is 0.370. The van der Waals surface area contributed by atoms with Crippen molar-refractivity contribution in [2.45, 2.75) is 52.4 Å². The third kappa shape index (κ3) is 5.79. The predicted molar refractivity (Wildman–Crippen MR) is 147 cm³/mol. The number of carbonyl (C=O) groups excluding carboxylic acids is 1. The number of nitrogens with one attached hydrogen (secondary N) is 1. The molecule has 12 heteroatoms. The summed E-state index contributed by atoms with van der Waals surface area (Å²) in [5, 5.41) is 17.1. The van der Waals surface area contributed by atoms with Crippen molar-refractivity contribution < 1.29 is 14.3 Å². The highest BCUT2D eigenvalue weighted by molar-refractivity contribution is 7.21. The Bertz CT molecular complexity index is 1630. The molecule has 0 aliphatic rings. The minimum absolute atomic E-state index is 0.0196. The van der Waals surface area contributed by atoms with Crippen molar-refractivity contribution in [2.75, 3.05) is 13.7 Å². The number of hydrogen-bond donors (Lipinski definition) is 1. The molecular formula is C27H30N6O5S. The number of nitrogens with zero attached hydrogens (tertiary/aromatic N) is 5. The standard InChI is InChI=1S/C27H30N6O5S/c1-17(2)30-22(34)16-31-24(35)23-18(3)25(33-13-8-12-29-33)39-26(23)32(27(31)36)15-21(38-14-7-11-28)19-9-5-6-10-20(19)37-4/h5-6,8-10,12-13,17,21H,7,14-16H2,1-4H3,(H,30,34)/t21-/m0/s1. The second-order valence-electron chi connectivity index (χ2n) is 9.18. The van der Waals surface area contributed by atoms with Crippen LogP contribution in [0, 0.1) is 18.3 Å². The van der Waals surface area contributed by atoms with Gasteiger partial charge in [0.15, 0.2) is 0 Å². The van der Waals surface area contributed by atoms with Gasteiger partial charge in [0.1, 0.15) is 28.2 Å². The third-order valence-electron chi connectivity index (χ3n) is 6.10. The van der Waals surface area contributed by atoms with Gasteiger partial charge in [-0.05, 0) is 32.9 Å². The molecule has 204 valence electrons. The fourth-order valence-corrected chi connectivity index (χ4v) is 5.63. The summed E-state index contributed by atoms with van der Waals surface area (Å²) >= 11 is 1.26. The molecule has 0 aliphatic carbocycles. The first kappa shape index (κ1) is 27.8. The summed E-state index contributed by atoms with van der Waals surface area (Å²) in [4.78, 5) is 40.6. The molecule has 1 N–H and O–H groups in total. The van der Waals surface area contributed by atoms with E-state index in [1.807, 2.05) is 18.2 Å². The largest absolute Gasteiger partial charge is 0.496 e. The van der Waals surface area contributed by atoms with Crippen LogP contribution in [0.4, 0.5) is 0 Å². The molecule has 4 rings (SSSR count). The Labute approximate surface area is 228 Å². The van der Waals surface area contributed by atoms with Gasteiger partial charge in [-0.15, -0.1) is 0 Å². The summed E-state index contributed by atoms with van der Waals surface area (Å²) in [5.41, 5.74) is 0.156. The summed E-state index contributed by atoms with van der Waals surface area (Å²) in [7, 11) is 1.54. The van der Waals surface area contributed by atoms with E-state index in [-0.39, 0.29) is 25.6 Å². The van der Waals surface area contributed by atoms with Crippen LogP contribution in [-0.4, -0.2) is 44.6 Å². The van der Waals surface area contributed by atoms with Gasteiger partial charge in [-0.1, -0.05) is 29.5 Å². The summed E-state index contributed by atoms with van der Waals surface area (Å²) in [5.74, 6) is 0.120. The first-order valence-electron chi connectivity index (χ1n) is 12.4. The van der Waals surface area contributed by atoms with E-state index in [1.165, 1.54) is 15.9 Å². The van der Waals surface area contributed by atoms with Gasteiger partial charge in [-0.3, -0.25) is 18.7 Å². The molecule has 0 saturated heterocycles. The van der Waals surface area contributed by atoms with Crippen LogP contribution in [0.2, 0.25) is 0 Å². The SMILES string of the molecule is COc1ccccc1[C@H](Cn1c(=O)n(CC(=O)NC(C)C)c(=O)c2c(C)c(-n3cccn3)sc21)OCCC#N. The van der Waals surface area contributed by atoms with Gasteiger partial charge in [0.25, 0.3) is 5.56 Å². The van der Waals surface area contributed by atoms with E-state index in [9.17, 15) is 14.4 Å². The van der Waals surface area contributed by atoms with Crippen molar-refractivity contribution in [3.63, 3.8) is 0 Å². The van der Waals surface area contributed by atoms with Crippen molar-refractivity contribution >= 4 is 27.5 Å². The number of nitriles is 1. The number of para-hydroxylation sites is 1. The van der Waals surface area contributed by atoms with E-state index in [0.717, 1.165) is 4.57 Å². The number of carbonyl (C=O) groups is 1. The molecule has 0 bridgehead atoms. The lowest BCUT2D eigenvalue weighted by atomic mass is 10.1. The Morgan fingerprint density at radius 1 is 1.21 bits per heavy atom. The van der Waals surface area contributed by atoms with Crippen LogP contribution in [0.15, 0.2) is 52.3 Å². The number of benzene rings is 1. The number of methoxy groups -OCH3 is 1. The maximum absolute atomic E-state index is 13.9. The van der Waals surface area contributed by atoms with Gasteiger partial charge < -0.3 is 14.8 Å². The molecule has 0 radical (unpaired) electrons. The highest BCUT2D eigenvalue weighted by atomic mass is 32.1. The van der Waals surface area contributed by atoms with Crippen molar-refractivity contribution in [3.8, 4) is 16.8 Å². The fourth-order valence-electron chi connectivity index (χ4n) is 4.39. The molecule has 39 heavy (non-hydrogen) atoms. The number of rotatable bonds is 11. The number of fused-ring (bicyclic) bond motifs is 1. The van der Waals surface area contributed by atoms with Gasteiger partial charge in [0.05, 0.1) is 38.1 Å². The van der Waals surface area contributed by atoms with Crippen molar-refractivity contribution in [3.05, 3.63) is 74.7 Å². The smallest absolute Gasteiger partial charge is 0.332 e. The summed E-state index contributed by atoms with van der Waals surface area (Å²) in [6.07, 6.45) is 2.87. The monoisotopic (exact) mass is 550 g/mol. The van der Waals surface area contributed by atoms with Gasteiger partial charge in [-0.25, -0.2) is 9.48 Å². The molecule has 1 atom stereocenters. The Morgan fingerprint density at radius 3 is 2.64 bits per heavy atom. The third-order valence-corrected chi connectivity index (χ3v) is 7.40. The number of aryl methyl sites for hydroxylation is 1. The van der Waals surface area contributed by atoms with E-state index >= 15 is 0 Å². The van der Waals surface area contributed by atoms with Crippen LogP contribution in [0.3, 0.4) is 0 Å². The number of aromatic nitrogens is 4. The second-order valence-corrected chi connectivity index (χ2v) is 10.2. The molecule has 0 fully saturated rings. The summed E-state index contributed by atoms with van der Waals surface area (Å²) < 4.78 is 15.7. The molecule has 0 spiro atoms. The number of amides is 1. The molecule has 0 saturated carbocycles. The summed E-state index contributed by atoms with van der Waals surface area (Å²) in [6, 6.07) is 11.0. The first-order valence-corrected chi connectivity index (χ1v) is 13.3. The lowest BCUT2D eigenvalue weighted by Crippen LogP contribution is -2.45. The Kier molecular flexibility index (Phi) is 8.63. The van der Waals surface area contributed by atoms with E-state index in [0.29, 0.717) is 32.1 Å². The number of hydrogen-bond acceptors (Lipinski definition) is 8. The average molecular weight is 551 g/mol. The Hall–Kier alpha value is -4.21. The Balaban J connectivity index is 1.93. The van der Waals surface area contributed by atoms with Crippen LogP contribution in [0.1, 0.15) is 37.5 Å². The molecule has 11 nitrogen and oxygen atoms in total. The van der Waals surface area contributed by atoms with Crippen molar-refractivity contribution in [1.82, 2.24) is 24.2 Å². The zero-order chi connectivity index (χ0) is 28.1. The van der Waals surface area contributed by atoms with Crippen LogP contribution in [0.5, 0.6) is 5.75 Å². The van der Waals surface area contributed by atoms with Gasteiger partial charge in [0, 0.05) is 29.6 Å². The molecule has 3 heterocycles. The minimum Gasteiger partial charge on any atom is -0.496 e.